The highest BCUT2D eigenvalue weighted by atomic mass is 16.5. The Hall–Kier alpha value is -3.61. The fourth-order valence-electron chi connectivity index (χ4n) is 3.81. The van der Waals surface area contributed by atoms with E-state index in [1.165, 1.54) is 0 Å². The van der Waals surface area contributed by atoms with Crippen molar-refractivity contribution in [1.82, 2.24) is 25.0 Å². The molecule has 1 saturated heterocycles. The molecule has 3 aromatic heterocycles. The lowest BCUT2D eigenvalue weighted by molar-refractivity contribution is 0.0780. The fourth-order valence-corrected chi connectivity index (χ4v) is 3.81. The minimum absolute atomic E-state index is 0.00231. The zero-order valence-corrected chi connectivity index (χ0v) is 15.9. The van der Waals surface area contributed by atoms with Crippen molar-refractivity contribution in [3.63, 3.8) is 0 Å². The molecule has 0 aliphatic carbocycles. The van der Waals surface area contributed by atoms with Crippen LogP contribution in [0.3, 0.4) is 0 Å². The summed E-state index contributed by atoms with van der Waals surface area (Å²) in [5.41, 5.74) is 2.13. The van der Waals surface area contributed by atoms with E-state index in [1.54, 1.807) is 18.5 Å². The number of pyridine rings is 2. The molecule has 0 unspecified atom stereocenters. The minimum atomic E-state index is -0.0704. The van der Waals surface area contributed by atoms with Crippen LogP contribution < -0.4 is 0 Å². The third kappa shape index (κ3) is 3.24. The lowest BCUT2D eigenvalue weighted by Crippen LogP contribution is -2.29. The molecule has 0 radical (unpaired) electrons. The highest BCUT2D eigenvalue weighted by Crippen LogP contribution is 2.33. The molecule has 0 saturated carbocycles. The molecule has 1 aliphatic rings. The number of benzene rings is 1. The summed E-state index contributed by atoms with van der Waals surface area (Å²) in [6, 6.07) is 15.2. The minimum Gasteiger partial charge on any atom is -0.339 e. The maximum atomic E-state index is 13.0. The molecular formula is C22H19N5O2. The molecule has 1 amide bonds. The summed E-state index contributed by atoms with van der Waals surface area (Å²) in [5.74, 6) is 1.24. The molecule has 4 heterocycles. The number of carbonyl (C=O) groups excluding carboxylic acids is 1. The number of fused-ring (bicyclic) bond motifs is 1. The van der Waals surface area contributed by atoms with Gasteiger partial charge in [0, 0.05) is 36.4 Å². The normalized spacial score (nSPS) is 19.0. The van der Waals surface area contributed by atoms with Gasteiger partial charge in [0.1, 0.15) is 5.69 Å². The van der Waals surface area contributed by atoms with Crippen molar-refractivity contribution < 1.29 is 9.32 Å². The molecule has 144 valence electrons. The smallest absolute Gasteiger partial charge is 0.272 e. The van der Waals surface area contributed by atoms with Gasteiger partial charge in [0.15, 0.2) is 0 Å². The molecule has 7 heteroatoms. The largest absolute Gasteiger partial charge is 0.339 e. The van der Waals surface area contributed by atoms with Crippen LogP contribution in [0.2, 0.25) is 0 Å². The van der Waals surface area contributed by atoms with Gasteiger partial charge >= 0.3 is 0 Å². The first-order chi connectivity index (χ1) is 14.2. The van der Waals surface area contributed by atoms with Crippen molar-refractivity contribution in [3.05, 3.63) is 72.5 Å². The van der Waals surface area contributed by atoms with Gasteiger partial charge in [-0.15, -0.1) is 0 Å². The Labute approximate surface area is 167 Å². The maximum Gasteiger partial charge on any atom is 0.272 e. The number of likely N-dealkylation sites (tertiary alicyclic amines) is 1. The molecule has 5 rings (SSSR count). The number of hydrogen-bond donors (Lipinski definition) is 0. The molecule has 29 heavy (non-hydrogen) atoms. The summed E-state index contributed by atoms with van der Waals surface area (Å²) in [5, 5.41) is 5.12. The van der Waals surface area contributed by atoms with E-state index >= 15 is 0 Å². The van der Waals surface area contributed by atoms with Crippen LogP contribution >= 0.6 is 0 Å². The number of amides is 1. The van der Waals surface area contributed by atoms with Crippen molar-refractivity contribution in [2.75, 3.05) is 13.1 Å². The molecule has 0 bridgehead atoms. The molecule has 1 aromatic carbocycles. The van der Waals surface area contributed by atoms with Crippen molar-refractivity contribution >= 4 is 16.8 Å². The second-order valence-electron chi connectivity index (χ2n) is 7.38. The molecule has 1 aliphatic heterocycles. The van der Waals surface area contributed by atoms with E-state index in [1.807, 2.05) is 47.4 Å². The van der Waals surface area contributed by atoms with Crippen LogP contribution in [-0.2, 0) is 0 Å². The predicted molar refractivity (Wildman–Crippen MR) is 107 cm³/mol. The molecule has 1 fully saturated rings. The molecule has 2 atom stereocenters. The van der Waals surface area contributed by atoms with E-state index < -0.39 is 0 Å². The average Bonchev–Trinajstić information content (AvgIpc) is 3.40. The van der Waals surface area contributed by atoms with Crippen molar-refractivity contribution in [2.45, 2.75) is 12.8 Å². The van der Waals surface area contributed by atoms with E-state index in [4.69, 9.17) is 4.52 Å². The van der Waals surface area contributed by atoms with Gasteiger partial charge in [-0.2, -0.15) is 4.98 Å². The van der Waals surface area contributed by atoms with E-state index in [-0.39, 0.29) is 17.7 Å². The first-order valence-corrected chi connectivity index (χ1v) is 9.58. The van der Waals surface area contributed by atoms with E-state index in [2.05, 4.69) is 27.0 Å². The molecular weight excluding hydrogens is 366 g/mol. The molecule has 0 N–H and O–H groups in total. The second-order valence-corrected chi connectivity index (χ2v) is 7.38. The zero-order valence-electron chi connectivity index (χ0n) is 15.9. The highest BCUT2D eigenvalue weighted by molar-refractivity contribution is 5.95. The molecule has 0 spiro atoms. The van der Waals surface area contributed by atoms with Gasteiger partial charge in [0.25, 0.3) is 5.91 Å². The zero-order chi connectivity index (χ0) is 19.8. The van der Waals surface area contributed by atoms with Crippen molar-refractivity contribution in [3.8, 4) is 11.4 Å². The van der Waals surface area contributed by atoms with Crippen molar-refractivity contribution in [1.29, 1.82) is 0 Å². The monoisotopic (exact) mass is 385 g/mol. The van der Waals surface area contributed by atoms with Gasteiger partial charge in [-0.25, -0.2) is 4.98 Å². The Kier molecular flexibility index (Phi) is 4.27. The van der Waals surface area contributed by atoms with Crippen LogP contribution in [0.1, 0.15) is 29.2 Å². The summed E-state index contributed by atoms with van der Waals surface area (Å²) in [6.07, 6.45) is 3.39. The highest BCUT2D eigenvalue weighted by Gasteiger charge is 2.37. The first-order valence-electron chi connectivity index (χ1n) is 9.58. The number of nitrogens with zero attached hydrogens (tertiary/aromatic N) is 5. The van der Waals surface area contributed by atoms with Crippen LogP contribution in [-0.4, -0.2) is 44.0 Å². The van der Waals surface area contributed by atoms with E-state index in [0.29, 0.717) is 30.5 Å². The third-order valence-corrected chi connectivity index (χ3v) is 5.41. The molecule has 4 aromatic rings. The summed E-state index contributed by atoms with van der Waals surface area (Å²) >= 11 is 0. The third-order valence-electron chi connectivity index (χ3n) is 5.41. The van der Waals surface area contributed by atoms with Crippen LogP contribution in [0, 0.1) is 5.92 Å². The Morgan fingerprint density at radius 3 is 2.72 bits per heavy atom. The first kappa shape index (κ1) is 17.5. The van der Waals surface area contributed by atoms with Crippen LogP contribution in [0.5, 0.6) is 0 Å². The van der Waals surface area contributed by atoms with Crippen LogP contribution in [0.25, 0.3) is 22.3 Å². The summed E-state index contributed by atoms with van der Waals surface area (Å²) < 4.78 is 5.53. The van der Waals surface area contributed by atoms with Crippen LogP contribution in [0.15, 0.2) is 65.4 Å². The maximum absolute atomic E-state index is 13.0. The summed E-state index contributed by atoms with van der Waals surface area (Å²) in [6.45, 7) is 3.26. The molecule has 7 nitrogen and oxygen atoms in total. The summed E-state index contributed by atoms with van der Waals surface area (Å²) in [7, 11) is 0. The summed E-state index contributed by atoms with van der Waals surface area (Å²) in [4.78, 5) is 28.0. The lowest BCUT2D eigenvalue weighted by Gasteiger charge is -2.15. The Morgan fingerprint density at radius 1 is 1.03 bits per heavy atom. The van der Waals surface area contributed by atoms with E-state index in [0.717, 1.165) is 16.5 Å². The van der Waals surface area contributed by atoms with Gasteiger partial charge < -0.3 is 9.42 Å². The number of carbonyl (C=O) groups is 1. The Balaban J connectivity index is 1.36. The second kappa shape index (κ2) is 7.09. The number of aromatic nitrogens is 4. The van der Waals surface area contributed by atoms with Gasteiger partial charge in [-0.05, 0) is 30.2 Å². The van der Waals surface area contributed by atoms with Gasteiger partial charge in [0.2, 0.25) is 11.7 Å². The van der Waals surface area contributed by atoms with Crippen LogP contribution in [0.4, 0.5) is 0 Å². The number of hydrogen-bond acceptors (Lipinski definition) is 6. The Bertz CT molecular complexity index is 1170. The lowest BCUT2D eigenvalue weighted by atomic mass is 9.98. The van der Waals surface area contributed by atoms with Gasteiger partial charge in [0.05, 0.1) is 11.4 Å². The van der Waals surface area contributed by atoms with E-state index in [9.17, 15) is 4.79 Å². The number of rotatable bonds is 3. The average molecular weight is 385 g/mol. The van der Waals surface area contributed by atoms with Crippen molar-refractivity contribution in [2.24, 2.45) is 5.92 Å². The number of para-hydroxylation sites is 1. The SMILES string of the molecule is C[C@H]1CN(C(=O)c2ccc3ccccc3n2)C[C@@H]1c1nc(-c2ccncc2)no1. The fraction of sp³-hybridized carbons (Fsp3) is 0.227. The van der Waals surface area contributed by atoms with Gasteiger partial charge in [-0.1, -0.05) is 36.3 Å². The Morgan fingerprint density at radius 2 is 1.86 bits per heavy atom. The quantitative estimate of drug-likeness (QED) is 0.536. The van der Waals surface area contributed by atoms with Gasteiger partial charge in [-0.3, -0.25) is 9.78 Å². The standard InChI is InChI=1S/C22H19N5O2/c1-14-12-27(22(28)19-7-6-15-4-2-3-5-18(15)24-19)13-17(14)21-25-20(26-29-21)16-8-10-23-11-9-16/h2-11,14,17H,12-13H2,1H3/t14-,17-/m0/s1. The topological polar surface area (TPSA) is 85.0 Å². The predicted octanol–water partition coefficient (Wildman–Crippen LogP) is 3.56.